The summed E-state index contributed by atoms with van der Waals surface area (Å²) in [4.78, 5) is 15.9. The number of thiophene rings is 1. The highest BCUT2D eigenvalue weighted by atomic mass is 32.1. The van der Waals surface area contributed by atoms with Crippen LogP contribution in [0.5, 0.6) is 0 Å². The topological polar surface area (TPSA) is 34.5 Å². The molecule has 1 aromatic carbocycles. The van der Waals surface area contributed by atoms with Crippen LogP contribution in [0.15, 0.2) is 66.2 Å². The zero-order valence-corrected chi connectivity index (χ0v) is 16.5. The van der Waals surface area contributed by atoms with Crippen molar-refractivity contribution in [3.05, 3.63) is 82.3 Å². The van der Waals surface area contributed by atoms with E-state index in [-0.39, 0.29) is 5.91 Å². The fourth-order valence-corrected chi connectivity index (χ4v) is 3.78. The lowest BCUT2D eigenvalue weighted by Gasteiger charge is -2.23. The van der Waals surface area contributed by atoms with Crippen molar-refractivity contribution >= 4 is 17.2 Å². The van der Waals surface area contributed by atoms with Gasteiger partial charge in [0.25, 0.3) is 0 Å². The molecule has 2 aromatic heterocycles. The molecule has 0 unspecified atom stereocenters. The van der Waals surface area contributed by atoms with Crippen LogP contribution in [0.25, 0.3) is 0 Å². The monoisotopic (exact) mass is 382 g/mol. The van der Waals surface area contributed by atoms with E-state index in [4.69, 9.17) is 4.74 Å². The van der Waals surface area contributed by atoms with Crippen molar-refractivity contribution in [3.8, 4) is 0 Å². The molecule has 0 N–H and O–H groups in total. The summed E-state index contributed by atoms with van der Waals surface area (Å²) in [7, 11) is 1.70. The molecular weight excluding hydrogens is 356 g/mol. The van der Waals surface area contributed by atoms with Gasteiger partial charge in [0.15, 0.2) is 0 Å². The Balaban J connectivity index is 1.69. The average molecular weight is 383 g/mol. The molecule has 4 nitrogen and oxygen atoms in total. The number of carbonyl (C=O) groups excluding carboxylic acids is 1. The molecule has 0 aliphatic carbocycles. The molecule has 0 radical (unpaired) electrons. The van der Waals surface area contributed by atoms with Crippen LogP contribution >= 0.6 is 11.3 Å². The molecule has 0 bridgehead atoms. The van der Waals surface area contributed by atoms with Crippen molar-refractivity contribution in [2.45, 2.75) is 25.9 Å². The van der Waals surface area contributed by atoms with E-state index in [1.165, 1.54) is 5.56 Å². The minimum Gasteiger partial charge on any atom is -0.385 e. The summed E-state index contributed by atoms with van der Waals surface area (Å²) < 4.78 is 7.39. The third kappa shape index (κ3) is 5.81. The van der Waals surface area contributed by atoms with Gasteiger partial charge in [-0.3, -0.25) is 4.79 Å². The van der Waals surface area contributed by atoms with E-state index >= 15 is 0 Å². The standard InChI is InChI=1S/C22H26N2O2S/c1-26-14-7-13-24(22(25)16-21-11-6-15-27-21)18-20-10-5-12-23(20)17-19-8-3-2-4-9-19/h2-6,8-12,15H,7,13-14,16-18H2,1H3. The molecule has 3 aromatic rings. The maximum absolute atomic E-state index is 12.9. The quantitative estimate of drug-likeness (QED) is 0.493. The highest BCUT2D eigenvalue weighted by molar-refractivity contribution is 7.10. The van der Waals surface area contributed by atoms with Crippen molar-refractivity contribution < 1.29 is 9.53 Å². The fraction of sp³-hybridized carbons (Fsp3) is 0.318. The average Bonchev–Trinajstić information content (AvgIpc) is 3.34. The Kier molecular flexibility index (Phi) is 7.25. The first-order valence-corrected chi connectivity index (χ1v) is 10.1. The SMILES string of the molecule is COCCCN(Cc1cccn1Cc1ccccc1)C(=O)Cc1cccs1. The maximum atomic E-state index is 12.9. The van der Waals surface area contributed by atoms with Crippen LogP contribution in [-0.2, 0) is 29.0 Å². The number of amides is 1. The lowest BCUT2D eigenvalue weighted by atomic mass is 10.2. The second kappa shape index (κ2) is 10.1. The number of benzene rings is 1. The predicted octanol–water partition coefficient (Wildman–Crippen LogP) is 4.21. The van der Waals surface area contributed by atoms with Gasteiger partial charge in [0.2, 0.25) is 5.91 Å². The van der Waals surface area contributed by atoms with Gasteiger partial charge in [-0.1, -0.05) is 36.4 Å². The minimum absolute atomic E-state index is 0.168. The van der Waals surface area contributed by atoms with Gasteiger partial charge in [-0.05, 0) is 35.6 Å². The Bertz CT molecular complexity index is 812. The van der Waals surface area contributed by atoms with Gasteiger partial charge in [-0.2, -0.15) is 0 Å². The van der Waals surface area contributed by atoms with Crippen LogP contribution in [0.3, 0.4) is 0 Å². The second-order valence-electron chi connectivity index (χ2n) is 6.53. The largest absolute Gasteiger partial charge is 0.385 e. The van der Waals surface area contributed by atoms with Crippen LogP contribution in [0.1, 0.15) is 22.6 Å². The summed E-state index contributed by atoms with van der Waals surface area (Å²) in [5.41, 5.74) is 2.40. The number of ether oxygens (including phenoxy) is 1. The Morgan fingerprint density at radius 2 is 1.96 bits per heavy atom. The predicted molar refractivity (Wildman–Crippen MR) is 110 cm³/mol. The van der Waals surface area contributed by atoms with Crippen LogP contribution in [0.2, 0.25) is 0 Å². The highest BCUT2D eigenvalue weighted by Crippen LogP contribution is 2.15. The summed E-state index contributed by atoms with van der Waals surface area (Å²) in [6.45, 7) is 2.80. The molecule has 0 aliphatic heterocycles. The molecule has 1 amide bonds. The summed E-state index contributed by atoms with van der Waals surface area (Å²) >= 11 is 1.63. The first kappa shape index (κ1) is 19.4. The van der Waals surface area contributed by atoms with Gasteiger partial charge in [0.1, 0.15) is 0 Å². The summed E-state index contributed by atoms with van der Waals surface area (Å²) in [5.74, 6) is 0.168. The summed E-state index contributed by atoms with van der Waals surface area (Å²) in [6.07, 6.45) is 3.38. The van der Waals surface area contributed by atoms with Crippen molar-refractivity contribution in [2.75, 3.05) is 20.3 Å². The van der Waals surface area contributed by atoms with Gasteiger partial charge >= 0.3 is 0 Å². The van der Waals surface area contributed by atoms with Crippen molar-refractivity contribution in [1.29, 1.82) is 0 Å². The van der Waals surface area contributed by atoms with Gasteiger partial charge in [0.05, 0.1) is 13.0 Å². The Morgan fingerprint density at radius 1 is 1.11 bits per heavy atom. The third-order valence-corrected chi connectivity index (χ3v) is 5.38. The molecule has 0 fully saturated rings. The number of methoxy groups -OCH3 is 1. The van der Waals surface area contributed by atoms with Crippen molar-refractivity contribution in [2.24, 2.45) is 0 Å². The van der Waals surface area contributed by atoms with Crippen molar-refractivity contribution in [3.63, 3.8) is 0 Å². The zero-order valence-electron chi connectivity index (χ0n) is 15.7. The first-order valence-electron chi connectivity index (χ1n) is 9.23. The second-order valence-corrected chi connectivity index (χ2v) is 7.56. The third-order valence-electron chi connectivity index (χ3n) is 4.51. The summed E-state index contributed by atoms with van der Waals surface area (Å²) in [6, 6.07) is 18.6. The molecule has 3 rings (SSSR count). The minimum atomic E-state index is 0.168. The molecule has 0 spiro atoms. The molecule has 2 heterocycles. The number of hydrogen-bond donors (Lipinski definition) is 0. The van der Waals surface area contributed by atoms with E-state index < -0.39 is 0 Å². The number of nitrogens with zero attached hydrogens (tertiary/aromatic N) is 2. The number of aromatic nitrogens is 1. The molecule has 0 aliphatic rings. The van der Waals surface area contributed by atoms with Crippen LogP contribution < -0.4 is 0 Å². The normalized spacial score (nSPS) is 10.9. The van der Waals surface area contributed by atoms with E-state index in [0.717, 1.165) is 23.5 Å². The lowest BCUT2D eigenvalue weighted by molar-refractivity contribution is -0.131. The van der Waals surface area contributed by atoms with Gasteiger partial charge in [-0.25, -0.2) is 0 Å². The molecule has 27 heavy (non-hydrogen) atoms. The zero-order chi connectivity index (χ0) is 18.9. The number of rotatable bonds is 10. The molecular formula is C22H26N2O2S. The van der Waals surface area contributed by atoms with Crippen LogP contribution in [-0.4, -0.2) is 35.6 Å². The first-order chi connectivity index (χ1) is 13.3. The Morgan fingerprint density at radius 3 is 2.70 bits per heavy atom. The Labute approximate surface area is 165 Å². The number of carbonyl (C=O) groups is 1. The van der Waals surface area contributed by atoms with E-state index in [9.17, 15) is 4.79 Å². The fourth-order valence-electron chi connectivity index (χ4n) is 3.09. The van der Waals surface area contributed by atoms with E-state index in [1.807, 2.05) is 28.5 Å². The maximum Gasteiger partial charge on any atom is 0.228 e. The molecule has 5 heteroatoms. The molecule has 0 saturated heterocycles. The lowest BCUT2D eigenvalue weighted by Crippen LogP contribution is -2.34. The van der Waals surface area contributed by atoms with Gasteiger partial charge in [0, 0.05) is 43.6 Å². The smallest absolute Gasteiger partial charge is 0.228 e. The molecule has 142 valence electrons. The van der Waals surface area contributed by atoms with E-state index in [2.05, 4.69) is 47.2 Å². The highest BCUT2D eigenvalue weighted by Gasteiger charge is 2.16. The van der Waals surface area contributed by atoms with Gasteiger partial charge in [-0.15, -0.1) is 11.3 Å². The molecule has 0 atom stereocenters. The van der Waals surface area contributed by atoms with E-state index in [0.29, 0.717) is 26.1 Å². The summed E-state index contributed by atoms with van der Waals surface area (Å²) in [5, 5.41) is 2.02. The number of hydrogen-bond acceptors (Lipinski definition) is 3. The van der Waals surface area contributed by atoms with Crippen LogP contribution in [0.4, 0.5) is 0 Å². The van der Waals surface area contributed by atoms with Crippen molar-refractivity contribution in [1.82, 2.24) is 9.47 Å². The Hall–Kier alpha value is -2.37. The molecule has 0 saturated carbocycles. The van der Waals surface area contributed by atoms with Crippen LogP contribution in [0, 0.1) is 0 Å². The van der Waals surface area contributed by atoms with E-state index in [1.54, 1.807) is 18.4 Å². The van der Waals surface area contributed by atoms with Gasteiger partial charge < -0.3 is 14.2 Å².